The van der Waals surface area contributed by atoms with Crippen molar-refractivity contribution in [2.75, 3.05) is 6.54 Å². The van der Waals surface area contributed by atoms with E-state index in [1.165, 1.54) is 12.8 Å². The van der Waals surface area contributed by atoms with Gasteiger partial charge < -0.3 is 15.7 Å². The third-order valence-electron chi connectivity index (χ3n) is 4.29. The Morgan fingerprint density at radius 1 is 1.32 bits per heavy atom. The molecule has 2 rings (SSSR count). The molecule has 138 valence electrons. The second-order valence-electron chi connectivity index (χ2n) is 6.89. The van der Waals surface area contributed by atoms with E-state index in [0.29, 0.717) is 12.5 Å². The minimum absolute atomic E-state index is 0.135. The summed E-state index contributed by atoms with van der Waals surface area (Å²) in [5, 5.41) is 18.3. The van der Waals surface area contributed by atoms with Crippen LogP contribution in [0.4, 0.5) is 0 Å². The molecule has 8 heteroatoms. The maximum atomic E-state index is 12.1. The van der Waals surface area contributed by atoms with E-state index in [-0.39, 0.29) is 18.2 Å². The lowest BCUT2D eigenvalue weighted by Gasteiger charge is -2.16. The van der Waals surface area contributed by atoms with Crippen molar-refractivity contribution < 1.29 is 19.5 Å². The standard InChI is InChI=1S/C17H26N4O4/c1-11(2)9-14(17(24)25)19-15(22)10-18-16(23)13-7-8-21(20-13)12-5-3-4-6-12/h7-8,11-12,14H,3-6,9-10H2,1-2H3,(H,18,23)(H,19,22)(H,24,25)/t14-/m0/s1. The number of hydrogen-bond acceptors (Lipinski definition) is 4. The van der Waals surface area contributed by atoms with Gasteiger partial charge in [0.1, 0.15) is 11.7 Å². The summed E-state index contributed by atoms with van der Waals surface area (Å²) in [5.41, 5.74) is 0.261. The molecule has 0 radical (unpaired) electrons. The number of carbonyl (C=O) groups is 3. The van der Waals surface area contributed by atoms with Crippen LogP contribution in [-0.2, 0) is 9.59 Å². The average Bonchev–Trinajstić information content (AvgIpc) is 3.22. The van der Waals surface area contributed by atoms with Gasteiger partial charge in [0.05, 0.1) is 12.6 Å². The minimum Gasteiger partial charge on any atom is -0.480 e. The average molecular weight is 350 g/mol. The fourth-order valence-corrected chi connectivity index (χ4v) is 3.02. The van der Waals surface area contributed by atoms with Crippen LogP contribution in [0.2, 0.25) is 0 Å². The molecule has 3 N–H and O–H groups in total. The second-order valence-corrected chi connectivity index (χ2v) is 6.89. The molecule has 1 aliphatic carbocycles. The highest BCUT2D eigenvalue weighted by Gasteiger charge is 2.22. The van der Waals surface area contributed by atoms with Gasteiger partial charge in [-0.1, -0.05) is 26.7 Å². The van der Waals surface area contributed by atoms with Gasteiger partial charge in [0.25, 0.3) is 5.91 Å². The van der Waals surface area contributed by atoms with Crippen molar-refractivity contribution in [2.45, 2.75) is 58.0 Å². The summed E-state index contributed by atoms with van der Waals surface area (Å²) in [5.74, 6) is -1.92. The largest absolute Gasteiger partial charge is 0.480 e. The fraction of sp³-hybridized carbons (Fsp3) is 0.647. The number of nitrogens with zero attached hydrogens (tertiary/aromatic N) is 2. The molecule has 8 nitrogen and oxygen atoms in total. The van der Waals surface area contributed by atoms with Crippen molar-refractivity contribution in [3.05, 3.63) is 18.0 Å². The highest BCUT2D eigenvalue weighted by molar-refractivity contribution is 5.95. The molecule has 2 amide bonds. The first-order chi connectivity index (χ1) is 11.9. The van der Waals surface area contributed by atoms with Crippen LogP contribution in [0.15, 0.2) is 12.3 Å². The van der Waals surface area contributed by atoms with Gasteiger partial charge in [-0.3, -0.25) is 14.3 Å². The molecular formula is C17H26N4O4. The molecule has 0 aromatic carbocycles. The number of hydrogen-bond donors (Lipinski definition) is 3. The molecule has 1 aliphatic rings. The van der Waals surface area contributed by atoms with Crippen molar-refractivity contribution >= 4 is 17.8 Å². The summed E-state index contributed by atoms with van der Waals surface area (Å²) in [6.45, 7) is 3.48. The summed E-state index contributed by atoms with van der Waals surface area (Å²) in [4.78, 5) is 35.1. The number of amides is 2. The van der Waals surface area contributed by atoms with Crippen LogP contribution in [0.3, 0.4) is 0 Å². The zero-order chi connectivity index (χ0) is 18.4. The number of carboxylic acids is 1. The Morgan fingerprint density at radius 3 is 2.60 bits per heavy atom. The molecule has 0 aliphatic heterocycles. The SMILES string of the molecule is CC(C)C[C@H](NC(=O)CNC(=O)c1ccn(C2CCCC2)n1)C(=O)O. The van der Waals surface area contributed by atoms with Crippen molar-refractivity contribution in [1.29, 1.82) is 0 Å². The van der Waals surface area contributed by atoms with E-state index < -0.39 is 23.8 Å². The molecular weight excluding hydrogens is 324 g/mol. The van der Waals surface area contributed by atoms with Crippen LogP contribution in [0, 0.1) is 5.92 Å². The van der Waals surface area contributed by atoms with Crippen LogP contribution < -0.4 is 10.6 Å². The van der Waals surface area contributed by atoms with Gasteiger partial charge in [-0.25, -0.2) is 4.79 Å². The Kier molecular flexibility index (Phi) is 6.55. The van der Waals surface area contributed by atoms with Gasteiger partial charge in [0.15, 0.2) is 0 Å². The van der Waals surface area contributed by atoms with Gasteiger partial charge in [0.2, 0.25) is 5.91 Å². The molecule has 1 heterocycles. The van der Waals surface area contributed by atoms with E-state index >= 15 is 0 Å². The van der Waals surface area contributed by atoms with E-state index in [4.69, 9.17) is 5.11 Å². The molecule has 1 saturated carbocycles. The molecule has 1 fully saturated rings. The molecule has 1 aromatic rings. The Hall–Kier alpha value is -2.38. The third kappa shape index (κ3) is 5.58. The zero-order valence-corrected chi connectivity index (χ0v) is 14.7. The van der Waals surface area contributed by atoms with Gasteiger partial charge in [-0.05, 0) is 31.2 Å². The number of nitrogens with one attached hydrogen (secondary N) is 2. The Labute approximate surface area is 147 Å². The lowest BCUT2D eigenvalue weighted by molar-refractivity contribution is -0.142. The quantitative estimate of drug-likeness (QED) is 0.655. The summed E-state index contributed by atoms with van der Waals surface area (Å²) in [7, 11) is 0. The maximum Gasteiger partial charge on any atom is 0.326 e. The topological polar surface area (TPSA) is 113 Å². The first-order valence-electron chi connectivity index (χ1n) is 8.72. The number of carbonyl (C=O) groups excluding carboxylic acids is 2. The van der Waals surface area contributed by atoms with Crippen LogP contribution >= 0.6 is 0 Å². The van der Waals surface area contributed by atoms with Crippen molar-refractivity contribution in [3.63, 3.8) is 0 Å². The minimum atomic E-state index is -1.08. The number of carboxylic acid groups (broad SMARTS) is 1. The molecule has 0 bridgehead atoms. The van der Waals surface area contributed by atoms with Crippen LogP contribution in [-0.4, -0.2) is 45.3 Å². The lowest BCUT2D eigenvalue weighted by atomic mass is 10.0. The third-order valence-corrected chi connectivity index (χ3v) is 4.29. The van der Waals surface area contributed by atoms with Crippen molar-refractivity contribution in [3.8, 4) is 0 Å². The maximum absolute atomic E-state index is 12.1. The molecule has 0 unspecified atom stereocenters. The van der Waals surface area contributed by atoms with E-state index in [1.807, 2.05) is 18.5 Å². The van der Waals surface area contributed by atoms with Gasteiger partial charge in [0, 0.05) is 6.20 Å². The van der Waals surface area contributed by atoms with E-state index in [9.17, 15) is 14.4 Å². The Bertz CT molecular complexity index is 620. The zero-order valence-electron chi connectivity index (χ0n) is 14.7. The summed E-state index contributed by atoms with van der Waals surface area (Å²) >= 11 is 0. The monoisotopic (exact) mass is 350 g/mol. The summed E-state index contributed by atoms with van der Waals surface area (Å²) in [6.07, 6.45) is 6.60. The van der Waals surface area contributed by atoms with E-state index in [0.717, 1.165) is 12.8 Å². The molecule has 25 heavy (non-hydrogen) atoms. The molecule has 1 aromatic heterocycles. The molecule has 1 atom stereocenters. The van der Waals surface area contributed by atoms with Gasteiger partial charge >= 0.3 is 5.97 Å². The summed E-state index contributed by atoms with van der Waals surface area (Å²) in [6, 6.07) is 1.02. The smallest absolute Gasteiger partial charge is 0.326 e. The Morgan fingerprint density at radius 2 is 2.00 bits per heavy atom. The molecule has 0 saturated heterocycles. The first-order valence-corrected chi connectivity index (χ1v) is 8.72. The van der Waals surface area contributed by atoms with Gasteiger partial charge in [-0.2, -0.15) is 5.10 Å². The van der Waals surface area contributed by atoms with Crippen LogP contribution in [0.25, 0.3) is 0 Å². The highest BCUT2D eigenvalue weighted by Crippen LogP contribution is 2.28. The number of aliphatic carboxylic acids is 1. The second kappa shape index (κ2) is 8.64. The van der Waals surface area contributed by atoms with Crippen molar-refractivity contribution in [1.82, 2.24) is 20.4 Å². The first kappa shape index (κ1) is 19.0. The van der Waals surface area contributed by atoms with Gasteiger partial charge in [-0.15, -0.1) is 0 Å². The Balaban J connectivity index is 1.82. The normalized spacial score (nSPS) is 16.0. The lowest BCUT2D eigenvalue weighted by Crippen LogP contribution is -2.46. The molecule has 0 spiro atoms. The highest BCUT2D eigenvalue weighted by atomic mass is 16.4. The van der Waals surface area contributed by atoms with E-state index in [2.05, 4.69) is 15.7 Å². The predicted molar refractivity (Wildman–Crippen MR) is 91.1 cm³/mol. The summed E-state index contributed by atoms with van der Waals surface area (Å²) < 4.78 is 1.81. The predicted octanol–water partition coefficient (Wildman–Crippen LogP) is 1.34. The van der Waals surface area contributed by atoms with Crippen LogP contribution in [0.1, 0.15) is 62.5 Å². The number of aromatic nitrogens is 2. The van der Waals surface area contributed by atoms with E-state index in [1.54, 1.807) is 12.3 Å². The van der Waals surface area contributed by atoms with Crippen molar-refractivity contribution in [2.24, 2.45) is 5.92 Å². The van der Waals surface area contributed by atoms with Crippen LogP contribution in [0.5, 0.6) is 0 Å². The fourth-order valence-electron chi connectivity index (χ4n) is 3.02. The number of rotatable bonds is 8.